The number of nitrogens with zero attached hydrogens (tertiary/aromatic N) is 2. The van der Waals surface area contributed by atoms with Crippen molar-refractivity contribution in [1.29, 1.82) is 0 Å². The molecule has 1 unspecified atom stereocenters. The summed E-state index contributed by atoms with van der Waals surface area (Å²) >= 11 is 0. The molecule has 0 saturated carbocycles. The standard InChI is InChI=1S/C9H15N3O/c1-12-6-9(5-11-12)13-7-8-3-2-4-10-8/h5-6,8,10H,2-4,7H2,1H3. The SMILES string of the molecule is Cn1cc(OCC2CCCN2)cn1. The molecule has 0 amide bonds. The highest BCUT2D eigenvalue weighted by atomic mass is 16.5. The van der Waals surface area contributed by atoms with E-state index in [1.807, 2.05) is 13.2 Å². The summed E-state index contributed by atoms with van der Waals surface area (Å²) in [4.78, 5) is 0. The van der Waals surface area contributed by atoms with Crippen molar-refractivity contribution in [2.45, 2.75) is 18.9 Å². The van der Waals surface area contributed by atoms with Gasteiger partial charge in [-0.1, -0.05) is 0 Å². The van der Waals surface area contributed by atoms with Crippen LogP contribution in [-0.2, 0) is 7.05 Å². The maximum Gasteiger partial charge on any atom is 0.157 e. The number of nitrogens with one attached hydrogen (secondary N) is 1. The topological polar surface area (TPSA) is 39.1 Å². The number of hydrogen-bond donors (Lipinski definition) is 1. The Labute approximate surface area is 77.9 Å². The molecule has 1 aliphatic heterocycles. The first-order valence-electron chi connectivity index (χ1n) is 4.69. The van der Waals surface area contributed by atoms with Gasteiger partial charge in [-0.15, -0.1) is 0 Å². The lowest BCUT2D eigenvalue weighted by Crippen LogP contribution is -2.28. The molecule has 1 fully saturated rings. The van der Waals surface area contributed by atoms with Crippen molar-refractivity contribution < 1.29 is 4.74 Å². The van der Waals surface area contributed by atoms with Gasteiger partial charge in [0.2, 0.25) is 0 Å². The minimum absolute atomic E-state index is 0.528. The fourth-order valence-electron chi connectivity index (χ4n) is 1.57. The van der Waals surface area contributed by atoms with E-state index in [1.54, 1.807) is 10.9 Å². The molecule has 1 atom stereocenters. The second-order valence-electron chi connectivity index (χ2n) is 3.45. The Morgan fingerprint density at radius 2 is 2.69 bits per heavy atom. The third-order valence-corrected chi connectivity index (χ3v) is 2.29. The summed E-state index contributed by atoms with van der Waals surface area (Å²) in [5.74, 6) is 0.858. The van der Waals surface area contributed by atoms with E-state index in [2.05, 4.69) is 10.4 Å². The Morgan fingerprint density at radius 3 is 3.31 bits per heavy atom. The second-order valence-corrected chi connectivity index (χ2v) is 3.45. The molecule has 1 N–H and O–H groups in total. The van der Waals surface area contributed by atoms with Gasteiger partial charge in [0.1, 0.15) is 6.61 Å². The lowest BCUT2D eigenvalue weighted by molar-refractivity contribution is 0.277. The Morgan fingerprint density at radius 1 is 1.77 bits per heavy atom. The molecule has 4 heteroatoms. The van der Waals surface area contributed by atoms with Crippen molar-refractivity contribution in [3.05, 3.63) is 12.4 Å². The fraction of sp³-hybridized carbons (Fsp3) is 0.667. The van der Waals surface area contributed by atoms with Gasteiger partial charge < -0.3 is 10.1 Å². The van der Waals surface area contributed by atoms with Crippen LogP contribution in [0.25, 0.3) is 0 Å². The van der Waals surface area contributed by atoms with E-state index in [1.165, 1.54) is 12.8 Å². The Balaban J connectivity index is 1.78. The molecule has 4 nitrogen and oxygen atoms in total. The van der Waals surface area contributed by atoms with Gasteiger partial charge in [0.25, 0.3) is 0 Å². The van der Waals surface area contributed by atoms with E-state index in [9.17, 15) is 0 Å². The molecule has 72 valence electrons. The Hall–Kier alpha value is -1.03. The maximum absolute atomic E-state index is 5.56. The van der Waals surface area contributed by atoms with E-state index in [0.717, 1.165) is 18.9 Å². The lowest BCUT2D eigenvalue weighted by atomic mass is 10.2. The summed E-state index contributed by atoms with van der Waals surface area (Å²) < 4.78 is 7.31. The molecule has 1 aromatic heterocycles. The molecular weight excluding hydrogens is 166 g/mol. The molecule has 0 aliphatic carbocycles. The van der Waals surface area contributed by atoms with E-state index in [0.29, 0.717) is 6.04 Å². The van der Waals surface area contributed by atoms with Gasteiger partial charge in [-0.25, -0.2) is 0 Å². The van der Waals surface area contributed by atoms with Crippen molar-refractivity contribution in [2.75, 3.05) is 13.2 Å². The summed E-state index contributed by atoms with van der Waals surface area (Å²) in [7, 11) is 1.89. The first-order valence-corrected chi connectivity index (χ1v) is 4.69. The van der Waals surface area contributed by atoms with Crippen molar-refractivity contribution in [3.8, 4) is 5.75 Å². The highest BCUT2D eigenvalue weighted by Crippen LogP contribution is 2.10. The largest absolute Gasteiger partial charge is 0.489 e. The smallest absolute Gasteiger partial charge is 0.157 e. The summed E-state index contributed by atoms with van der Waals surface area (Å²) in [6, 6.07) is 0.528. The molecule has 0 spiro atoms. The Kier molecular flexibility index (Phi) is 2.49. The van der Waals surface area contributed by atoms with Crippen molar-refractivity contribution in [2.24, 2.45) is 7.05 Å². The predicted molar refractivity (Wildman–Crippen MR) is 49.7 cm³/mol. The zero-order chi connectivity index (χ0) is 9.10. The molecule has 1 saturated heterocycles. The van der Waals surface area contributed by atoms with Crippen LogP contribution in [0.5, 0.6) is 5.75 Å². The van der Waals surface area contributed by atoms with Crippen LogP contribution >= 0.6 is 0 Å². The molecule has 0 bridgehead atoms. The minimum Gasteiger partial charge on any atom is -0.489 e. The van der Waals surface area contributed by atoms with Gasteiger partial charge in [-0.2, -0.15) is 5.10 Å². The average molecular weight is 181 g/mol. The first kappa shape index (κ1) is 8.56. The van der Waals surface area contributed by atoms with Gasteiger partial charge in [0.15, 0.2) is 5.75 Å². The third-order valence-electron chi connectivity index (χ3n) is 2.29. The van der Waals surface area contributed by atoms with Gasteiger partial charge in [-0.3, -0.25) is 4.68 Å². The van der Waals surface area contributed by atoms with Crippen molar-refractivity contribution in [3.63, 3.8) is 0 Å². The molecule has 1 aromatic rings. The van der Waals surface area contributed by atoms with Crippen LogP contribution in [0.1, 0.15) is 12.8 Å². The first-order chi connectivity index (χ1) is 6.34. The monoisotopic (exact) mass is 181 g/mol. The molecule has 2 rings (SSSR count). The molecular formula is C9H15N3O. The van der Waals surface area contributed by atoms with Gasteiger partial charge in [0, 0.05) is 13.1 Å². The average Bonchev–Trinajstić information content (AvgIpc) is 2.71. The van der Waals surface area contributed by atoms with E-state index in [4.69, 9.17) is 4.74 Å². The zero-order valence-electron chi connectivity index (χ0n) is 7.86. The van der Waals surface area contributed by atoms with Crippen molar-refractivity contribution in [1.82, 2.24) is 15.1 Å². The summed E-state index contributed by atoms with van der Waals surface area (Å²) in [6.45, 7) is 1.88. The van der Waals surface area contributed by atoms with E-state index in [-0.39, 0.29) is 0 Å². The molecule has 13 heavy (non-hydrogen) atoms. The summed E-state index contributed by atoms with van der Waals surface area (Å²) in [5, 5.41) is 7.41. The minimum atomic E-state index is 0.528. The zero-order valence-corrected chi connectivity index (χ0v) is 7.86. The number of rotatable bonds is 3. The van der Waals surface area contributed by atoms with Crippen LogP contribution in [0.15, 0.2) is 12.4 Å². The molecule has 2 heterocycles. The van der Waals surface area contributed by atoms with Gasteiger partial charge in [-0.05, 0) is 19.4 Å². The van der Waals surface area contributed by atoms with Crippen LogP contribution in [0.3, 0.4) is 0 Å². The number of aromatic nitrogens is 2. The van der Waals surface area contributed by atoms with Crippen LogP contribution in [-0.4, -0.2) is 29.0 Å². The van der Waals surface area contributed by atoms with Gasteiger partial charge >= 0.3 is 0 Å². The second kappa shape index (κ2) is 3.79. The van der Waals surface area contributed by atoms with Crippen molar-refractivity contribution >= 4 is 0 Å². The summed E-state index contributed by atoms with van der Waals surface area (Å²) in [5.41, 5.74) is 0. The van der Waals surface area contributed by atoms with E-state index < -0.39 is 0 Å². The molecule has 1 aliphatic rings. The number of aryl methyl sites for hydroxylation is 1. The molecule has 0 aromatic carbocycles. The van der Waals surface area contributed by atoms with Crippen LogP contribution in [0.2, 0.25) is 0 Å². The third kappa shape index (κ3) is 2.21. The Bertz CT molecular complexity index is 266. The highest BCUT2D eigenvalue weighted by Gasteiger charge is 2.14. The maximum atomic E-state index is 5.56. The molecule has 0 radical (unpaired) electrons. The summed E-state index contributed by atoms with van der Waals surface area (Å²) in [6.07, 6.45) is 6.12. The number of ether oxygens (including phenoxy) is 1. The lowest BCUT2D eigenvalue weighted by Gasteiger charge is -2.09. The van der Waals surface area contributed by atoms with Crippen LogP contribution in [0.4, 0.5) is 0 Å². The van der Waals surface area contributed by atoms with Crippen LogP contribution in [0, 0.1) is 0 Å². The highest BCUT2D eigenvalue weighted by molar-refractivity contribution is 5.11. The predicted octanol–water partition coefficient (Wildman–Crippen LogP) is 0.551. The normalized spacial score (nSPS) is 22.1. The fourth-order valence-corrected chi connectivity index (χ4v) is 1.57. The number of hydrogen-bond acceptors (Lipinski definition) is 3. The van der Waals surface area contributed by atoms with E-state index >= 15 is 0 Å². The van der Waals surface area contributed by atoms with Crippen LogP contribution < -0.4 is 10.1 Å². The van der Waals surface area contributed by atoms with Gasteiger partial charge in [0.05, 0.1) is 12.4 Å². The quantitative estimate of drug-likeness (QED) is 0.740.